The van der Waals surface area contributed by atoms with Crippen molar-refractivity contribution < 1.29 is 43.6 Å². The van der Waals surface area contributed by atoms with Gasteiger partial charge < -0.3 is 34.4 Å². The Hall–Kier alpha value is -6.50. The molecule has 0 atom stereocenters. The molecule has 49 heavy (non-hydrogen) atoms. The second-order valence-electron chi connectivity index (χ2n) is 9.58. The molecule has 0 aliphatic heterocycles. The zero-order valence-electron chi connectivity index (χ0n) is 27.2. The number of carboxylic acids is 1. The molecule has 256 valence electrons. The third-order valence-electron chi connectivity index (χ3n) is 6.95. The lowest BCUT2D eigenvalue weighted by molar-refractivity contribution is -0.135. The van der Waals surface area contributed by atoms with E-state index in [1.807, 2.05) is 13.8 Å². The number of aliphatic carboxylic acids is 1. The molecular formula is C30H32N10O9. The van der Waals surface area contributed by atoms with Crippen LogP contribution in [0.1, 0.15) is 46.2 Å². The Morgan fingerprint density at radius 3 is 1.49 bits per heavy atom. The van der Waals surface area contributed by atoms with Crippen LogP contribution >= 0.6 is 0 Å². The number of carbonyl (C=O) groups is 4. The van der Waals surface area contributed by atoms with Crippen molar-refractivity contribution in [2.45, 2.75) is 26.7 Å². The van der Waals surface area contributed by atoms with E-state index in [2.05, 4.69) is 44.8 Å². The van der Waals surface area contributed by atoms with Gasteiger partial charge in [-0.2, -0.15) is 0 Å². The first-order valence-corrected chi connectivity index (χ1v) is 14.4. The molecule has 0 aromatic carbocycles. The SMILES string of the molecule is CCc1ncn(-c2ncc(OC)c3c(C(=O)C(=O)O)c[nH]c23)n1.CCc1ncn(-c2ncc(OC)c3c(C(=O)C(=O)OC)c[nH]c23)n1.CO. The minimum atomic E-state index is -1.54. The Bertz CT molecular complexity index is 2140. The third kappa shape index (κ3) is 6.81. The van der Waals surface area contributed by atoms with Crippen LogP contribution in [0.15, 0.2) is 37.4 Å². The number of aliphatic hydroxyl groups is 1. The summed E-state index contributed by atoms with van der Waals surface area (Å²) in [5.41, 5.74) is 1.10. The van der Waals surface area contributed by atoms with Gasteiger partial charge in [-0.25, -0.2) is 38.9 Å². The average Bonchev–Trinajstić information content (AvgIpc) is 3.97. The molecule has 0 unspecified atom stereocenters. The van der Waals surface area contributed by atoms with E-state index in [9.17, 15) is 19.2 Å². The Kier molecular flexibility index (Phi) is 11.1. The monoisotopic (exact) mass is 676 g/mol. The molecule has 0 saturated carbocycles. The van der Waals surface area contributed by atoms with Crippen LogP contribution in [0.5, 0.6) is 11.5 Å². The summed E-state index contributed by atoms with van der Waals surface area (Å²) in [5.74, 6) is -1.48. The molecule has 0 aliphatic rings. The number of hydrogen-bond donors (Lipinski definition) is 4. The summed E-state index contributed by atoms with van der Waals surface area (Å²) < 4.78 is 17.9. The quantitative estimate of drug-likeness (QED) is 0.0914. The number of nitrogens with zero attached hydrogens (tertiary/aromatic N) is 8. The molecule has 0 aliphatic carbocycles. The van der Waals surface area contributed by atoms with Crippen molar-refractivity contribution in [3.8, 4) is 23.1 Å². The van der Waals surface area contributed by atoms with Crippen LogP contribution in [-0.2, 0) is 27.2 Å². The number of nitrogens with one attached hydrogen (secondary N) is 2. The van der Waals surface area contributed by atoms with Crippen molar-refractivity contribution in [3.05, 3.63) is 60.2 Å². The second-order valence-corrected chi connectivity index (χ2v) is 9.58. The van der Waals surface area contributed by atoms with E-state index in [1.165, 1.54) is 61.0 Å². The highest BCUT2D eigenvalue weighted by Gasteiger charge is 2.26. The molecule has 4 N–H and O–H groups in total. The average molecular weight is 677 g/mol. The summed E-state index contributed by atoms with van der Waals surface area (Å²) in [4.78, 5) is 69.3. The lowest BCUT2D eigenvalue weighted by Crippen LogP contribution is -2.15. The maximum absolute atomic E-state index is 12.2. The summed E-state index contributed by atoms with van der Waals surface area (Å²) in [7, 11) is 5.03. The molecule has 0 fully saturated rings. The maximum atomic E-state index is 12.2. The van der Waals surface area contributed by atoms with E-state index in [-0.39, 0.29) is 11.1 Å². The van der Waals surface area contributed by atoms with Gasteiger partial charge in [-0.15, -0.1) is 10.2 Å². The predicted molar refractivity (Wildman–Crippen MR) is 170 cm³/mol. The smallest absolute Gasteiger partial charge is 0.379 e. The largest absolute Gasteiger partial charge is 0.494 e. The van der Waals surface area contributed by atoms with E-state index in [0.29, 0.717) is 69.4 Å². The van der Waals surface area contributed by atoms with Crippen LogP contribution in [0.2, 0.25) is 0 Å². The van der Waals surface area contributed by atoms with Gasteiger partial charge in [-0.1, -0.05) is 13.8 Å². The fourth-order valence-electron chi connectivity index (χ4n) is 4.66. The summed E-state index contributed by atoms with van der Waals surface area (Å²) in [6, 6.07) is 0. The fourth-order valence-corrected chi connectivity index (χ4v) is 4.66. The number of H-pyrrole nitrogens is 2. The highest BCUT2D eigenvalue weighted by atomic mass is 16.5. The number of rotatable bonds is 10. The predicted octanol–water partition coefficient (Wildman–Crippen LogP) is 1.66. The summed E-state index contributed by atoms with van der Waals surface area (Å²) in [5, 5.41) is 25.3. The third-order valence-corrected chi connectivity index (χ3v) is 6.95. The topological polar surface area (TPSA) is 255 Å². The van der Waals surface area contributed by atoms with Crippen LogP contribution in [0.3, 0.4) is 0 Å². The van der Waals surface area contributed by atoms with Gasteiger partial charge in [0.05, 0.1) is 66.7 Å². The van der Waals surface area contributed by atoms with E-state index in [4.69, 9.17) is 19.7 Å². The molecule has 0 bridgehead atoms. The van der Waals surface area contributed by atoms with Crippen molar-refractivity contribution in [2.24, 2.45) is 0 Å². The van der Waals surface area contributed by atoms with Crippen molar-refractivity contribution in [3.63, 3.8) is 0 Å². The Morgan fingerprint density at radius 2 is 1.14 bits per heavy atom. The molecular weight excluding hydrogens is 644 g/mol. The number of Topliss-reactive ketones (excluding diaryl/α,β-unsaturated/α-hetero) is 2. The molecule has 6 aromatic heterocycles. The van der Waals surface area contributed by atoms with Gasteiger partial charge in [0.1, 0.15) is 24.2 Å². The van der Waals surface area contributed by atoms with E-state index in [1.54, 1.807) is 0 Å². The van der Waals surface area contributed by atoms with Crippen LogP contribution in [0.25, 0.3) is 33.4 Å². The number of carboxylic acid groups (broad SMARTS) is 1. The number of fused-ring (bicyclic) bond motifs is 2. The number of aliphatic hydroxyl groups excluding tert-OH is 1. The van der Waals surface area contributed by atoms with Crippen LogP contribution in [-0.4, -0.2) is 112 Å². The van der Waals surface area contributed by atoms with E-state index < -0.39 is 23.5 Å². The maximum Gasteiger partial charge on any atom is 0.379 e. The van der Waals surface area contributed by atoms with E-state index >= 15 is 0 Å². The number of ketones is 2. The zero-order chi connectivity index (χ0) is 35.8. The molecule has 0 radical (unpaired) electrons. The van der Waals surface area contributed by atoms with Crippen molar-refractivity contribution in [2.75, 3.05) is 28.4 Å². The Labute approximate surface area is 276 Å². The fraction of sp³-hybridized carbons (Fsp3) is 0.267. The van der Waals surface area contributed by atoms with Gasteiger partial charge in [0.25, 0.3) is 11.6 Å². The summed E-state index contributed by atoms with van der Waals surface area (Å²) >= 11 is 0. The van der Waals surface area contributed by atoms with Crippen molar-refractivity contribution >= 4 is 45.3 Å². The summed E-state index contributed by atoms with van der Waals surface area (Å²) in [6.45, 7) is 3.87. The molecule has 6 heterocycles. The molecule has 0 spiro atoms. The van der Waals surface area contributed by atoms with E-state index in [0.717, 1.165) is 14.2 Å². The first-order chi connectivity index (χ1) is 23.7. The van der Waals surface area contributed by atoms with Crippen LogP contribution < -0.4 is 9.47 Å². The lowest BCUT2D eigenvalue weighted by atomic mass is 10.1. The van der Waals surface area contributed by atoms with Gasteiger partial charge in [0, 0.05) is 32.3 Å². The number of hydrogen-bond acceptors (Lipinski definition) is 14. The second kappa shape index (κ2) is 15.4. The molecule has 6 rings (SSSR count). The van der Waals surface area contributed by atoms with Gasteiger partial charge in [-0.05, 0) is 0 Å². The number of aryl methyl sites for hydroxylation is 2. The highest BCUT2D eigenvalue weighted by molar-refractivity contribution is 6.43. The molecule has 0 amide bonds. The number of methoxy groups -OCH3 is 3. The van der Waals surface area contributed by atoms with Gasteiger partial charge in [-0.3, -0.25) is 9.59 Å². The lowest BCUT2D eigenvalue weighted by Gasteiger charge is -2.07. The van der Waals surface area contributed by atoms with Crippen LogP contribution in [0.4, 0.5) is 0 Å². The normalized spacial score (nSPS) is 10.5. The van der Waals surface area contributed by atoms with Crippen LogP contribution in [0, 0.1) is 0 Å². The minimum Gasteiger partial charge on any atom is -0.494 e. The van der Waals surface area contributed by atoms with Gasteiger partial charge >= 0.3 is 11.9 Å². The molecule has 19 nitrogen and oxygen atoms in total. The Balaban J connectivity index is 0.000000210. The first-order valence-electron chi connectivity index (χ1n) is 14.4. The zero-order valence-corrected chi connectivity index (χ0v) is 27.2. The van der Waals surface area contributed by atoms with Crippen molar-refractivity contribution in [1.82, 2.24) is 49.5 Å². The highest BCUT2D eigenvalue weighted by Crippen LogP contribution is 2.33. The Morgan fingerprint density at radius 1 is 0.714 bits per heavy atom. The van der Waals surface area contributed by atoms with Crippen molar-refractivity contribution in [1.29, 1.82) is 0 Å². The number of esters is 1. The number of ether oxygens (including phenoxy) is 3. The van der Waals surface area contributed by atoms with Gasteiger partial charge in [0.2, 0.25) is 0 Å². The van der Waals surface area contributed by atoms with Gasteiger partial charge in [0.15, 0.2) is 23.3 Å². The number of pyridine rings is 2. The molecule has 0 saturated heterocycles. The number of aromatic amines is 2. The molecule has 19 heteroatoms. The first kappa shape index (κ1) is 35.4. The minimum absolute atomic E-state index is 0.00355. The number of carbonyl (C=O) groups excluding carboxylic acids is 3. The summed E-state index contributed by atoms with van der Waals surface area (Å²) in [6.07, 6.45) is 10.0. The number of aromatic nitrogens is 10. The molecule has 6 aromatic rings. The standard InChI is InChI=1S/C15H15N5O4.C14H13N5O4.CH4O/c1-4-10-18-7-20(19-10)14-12-11(9(23-2)6-17-14)8(5-16-12)13(21)15(22)24-3;1-3-9-17-6-19(18-9)13-11-10(8(23-2)5-16-13)7(4-15-11)12(20)14(21)22;1-2/h5-7,16H,4H2,1-3H3;4-6,15H,3H2,1-2H3,(H,21,22);2H,1H3.